The molecule has 0 unspecified atom stereocenters. The van der Waals surface area contributed by atoms with Crippen molar-refractivity contribution in [3.63, 3.8) is 0 Å². The second-order valence-corrected chi connectivity index (χ2v) is 8.36. The number of nitrogens with one attached hydrogen (secondary N) is 2. The fourth-order valence-corrected chi connectivity index (χ4v) is 3.83. The predicted molar refractivity (Wildman–Crippen MR) is 110 cm³/mol. The van der Waals surface area contributed by atoms with Gasteiger partial charge < -0.3 is 20.1 Å². The number of carbonyl (C=O) groups excluding carboxylic acids is 1. The van der Waals surface area contributed by atoms with Crippen molar-refractivity contribution in [1.82, 2.24) is 15.0 Å². The zero-order valence-electron chi connectivity index (χ0n) is 17.7. The highest BCUT2D eigenvalue weighted by Gasteiger charge is 2.56. The lowest BCUT2D eigenvalue weighted by Gasteiger charge is -2.16. The SMILES string of the molecule is CC(=O)Nc1cc(Nc2cc(C)nc(C(C)(F)F)n2)c(OC[C@@H]2C[C@@]23CCOC3)cn1. The normalized spacial score (nSPS) is 22.4. The summed E-state index contributed by atoms with van der Waals surface area (Å²) < 4.78 is 39.0. The molecule has 2 fully saturated rings. The van der Waals surface area contributed by atoms with Crippen LogP contribution in [0.2, 0.25) is 0 Å². The Bertz CT molecular complexity index is 989. The van der Waals surface area contributed by atoms with Crippen molar-refractivity contribution in [2.75, 3.05) is 30.5 Å². The van der Waals surface area contributed by atoms with Crippen LogP contribution in [0.15, 0.2) is 18.3 Å². The third-order valence-corrected chi connectivity index (χ3v) is 5.61. The molecule has 31 heavy (non-hydrogen) atoms. The molecule has 2 N–H and O–H groups in total. The van der Waals surface area contributed by atoms with Crippen LogP contribution in [0.4, 0.5) is 26.1 Å². The molecule has 166 valence electrons. The Morgan fingerprint density at radius 3 is 2.84 bits per heavy atom. The van der Waals surface area contributed by atoms with Crippen LogP contribution in [0, 0.1) is 18.3 Å². The van der Waals surface area contributed by atoms with E-state index in [1.54, 1.807) is 19.1 Å². The van der Waals surface area contributed by atoms with Gasteiger partial charge in [-0.2, -0.15) is 8.78 Å². The largest absolute Gasteiger partial charge is 0.489 e. The van der Waals surface area contributed by atoms with Crippen molar-refractivity contribution in [1.29, 1.82) is 0 Å². The summed E-state index contributed by atoms with van der Waals surface area (Å²) in [4.78, 5) is 23.4. The smallest absolute Gasteiger partial charge is 0.303 e. The second-order valence-electron chi connectivity index (χ2n) is 8.36. The number of halogens is 2. The van der Waals surface area contributed by atoms with Crippen LogP contribution >= 0.6 is 0 Å². The Labute approximate surface area is 178 Å². The molecule has 2 aromatic rings. The highest BCUT2D eigenvalue weighted by molar-refractivity contribution is 5.88. The minimum atomic E-state index is -3.18. The van der Waals surface area contributed by atoms with Gasteiger partial charge in [-0.05, 0) is 19.8 Å². The Kier molecular flexibility index (Phi) is 5.50. The van der Waals surface area contributed by atoms with E-state index in [1.807, 2.05) is 0 Å². The number of aromatic nitrogens is 3. The van der Waals surface area contributed by atoms with Gasteiger partial charge in [0.25, 0.3) is 0 Å². The molecule has 3 heterocycles. The lowest BCUT2D eigenvalue weighted by molar-refractivity contribution is -0.114. The van der Waals surface area contributed by atoms with Gasteiger partial charge in [-0.3, -0.25) is 4.79 Å². The number of carbonyl (C=O) groups is 1. The molecule has 8 nitrogen and oxygen atoms in total. The molecule has 2 atom stereocenters. The number of hydrogen-bond acceptors (Lipinski definition) is 7. The Morgan fingerprint density at radius 2 is 2.16 bits per heavy atom. The van der Waals surface area contributed by atoms with E-state index < -0.39 is 11.7 Å². The van der Waals surface area contributed by atoms with Gasteiger partial charge in [0, 0.05) is 49.6 Å². The topological polar surface area (TPSA) is 98.3 Å². The average Bonchev–Trinajstić information content (AvgIpc) is 3.11. The van der Waals surface area contributed by atoms with Crippen LogP contribution in [0.3, 0.4) is 0 Å². The predicted octanol–water partition coefficient (Wildman–Crippen LogP) is 3.80. The summed E-state index contributed by atoms with van der Waals surface area (Å²) >= 11 is 0. The molecule has 1 aliphatic carbocycles. The monoisotopic (exact) mass is 433 g/mol. The molecular weight excluding hydrogens is 408 g/mol. The molecule has 1 saturated heterocycles. The van der Waals surface area contributed by atoms with E-state index in [0.717, 1.165) is 33.0 Å². The fourth-order valence-electron chi connectivity index (χ4n) is 3.83. The Balaban J connectivity index is 1.57. The molecule has 4 rings (SSSR count). The molecule has 1 spiro atoms. The van der Waals surface area contributed by atoms with E-state index in [-0.39, 0.29) is 17.1 Å². The van der Waals surface area contributed by atoms with Crippen LogP contribution in [0.25, 0.3) is 0 Å². The molecule has 2 aromatic heterocycles. The molecule has 1 aliphatic heterocycles. The van der Waals surface area contributed by atoms with Gasteiger partial charge in [0.05, 0.1) is 25.1 Å². The first-order valence-electron chi connectivity index (χ1n) is 10.1. The number of anilines is 3. The van der Waals surface area contributed by atoms with Gasteiger partial charge in [0.2, 0.25) is 11.7 Å². The quantitative estimate of drug-likeness (QED) is 0.685. The van der Waals surface area contributed by atoms with Crippen LogP contribution < -0.4 is 15.4 Å². The molecule has 0 radical (unpaired) electrons. The first kappa shape index (κ1) is 21.4. The maximum atomic E-state index is 13.8. The maximum absolute atomic E-state index is 13.8. The second kappa shape index (κ2) is 7.99. The average molecular weight is 433 g/mol. The number of nitrogens with zero attached hydrogens (tertiary/aromatic N) is 3. The molecule has 0 bridgehead atoms. The summed E-state index contributed by atoms with van der Waals surface area (Å²) in [6, 6.07) is 3.14. The summed E-state index contributed by atoms with van der Waals surface area (Å²) in [5, 5.41) is 5.63. The summed E-state index contributed by atoms with van der Waals surface area (Å²) in [5.41, 5.74) is 1.08. The van der Waals surface area contributed by atoms with Gasteiger partial charge in [0.15, 0.2) is 5.75 Å². The van der Waals surface area contributed by atoms with Crippen LogP contribution in [0.1, 0.15) is 38.2 Å². The van der Waals surface area contributed by atoms with Gasteiger partial charge in [-0.1, -0.05) is 0 Å². The van der Waals surface area contributed by atoms with E-state index >= 15 is 0 Å². The van der Waals surface area contributed by atoms with Crippen LogP contribution in [0.5, 0.6) is 5.75 Å². The molecule has 1 saturated carbocycles. The number of rotatable bonds is 7. The van der Waals surface area contributed by atoms with Gasteiger partial charge in [0.1, 0.15) is 11.6 Å². The third-order valence-electron chi connectivity index (χ3n) is 5.61. The van der Waals surface area contributed by atoms with E-state index in [9.17, 15) is 13.6 Å². The zero-order valence-corrected chi connectivity index (χ0v) is 17.7. The number of hydrogen-bond donors (Lipinski definition) is 2. The van der Waals surface area contributed by atoms with Crippen molar-refractivity contribution in [2.24, 2.45) is 11.3 Å². The van der Waals surface area contributed by atoms with E-state index in [4.69, 9.17) is 9.47 Å². The fraction of sp³-hybridized carbons (Fsp3) is 0.524. The van der Waals surface area contributed by atoms with Gasteiger partial charge in [-0.15, -0.1) is 0 Å². The van der Waals surface area contributed by atoms with Crippen molar-refractivity contribution < 1.29 is 23.0 Å². The molecule has 2 aliphatic rings. The van der Waals surface area contributed by atoms with Crippen molar-refractivity contribution in [2.45, 2.75) is 39.5 Å². The van der Waals surface area contributed by atoms with Crippen molar-refractivity contribution >= 4 is 23.2 Å². The number of aryl methyl sites for hydroxylation is 1. The van der Waals surface area contributed by atoms with E-state index in [2.05, 4.69) is 25.6 Å². The van der Waals surface area contributed by atoms with Crippen LogP contribution in [-0.2, 0) is 15.5 Å². The maximum Gasteiger partial charge on any atom is 0.303 e. The Morgan fingerprint density at radius 1 is 1.35 bits per heavy atom. The number of pyridine rings is 1. The minimum absolute atomic E-state index is 0.195. The summed E-state index contributed by atoms with van der Waals surface area (Å²) in [6.45, 7) is 5.79. The third kappa shape index (κ3) is 4.90. The number of alkyl halides is 2. The first-order valence-corrected chi connectivity index (χ1v) is 10.1. The minimum Gasteiger partial charge on any atom is -0.489 e. The Hall–Kier alpha value is -2.88. The highest BCUT2D eigenvalue weighted by Crippen LogP contribution is 2.57. The van der Waals surface area contributed by atoms with E-state index in [0.29, 0.717) is 35.5 Å². The van der Waals surface area contributed by atoms with E-state index in [1.165, 1.54) is 13.1 Å². The zero-order chi connectivity index (χ0) is 22.2. The molecule has 1 amide bonds. The summed E-state index contributed by atoms with van der Waals surface area (Å²) in [7, 11) is 0. The summed E-state index contributed by atoms with van der Waals surface area (Å²) in [6.07, 6.45) is 3.60. The molecular formula is C21H25F2N5O3. The van der Waals surface area contributed by atoms with Crippen molar-refractivity contribution in [3.05, 3.63) is 29.8 Å². The van der Waals surface area contributed by atoms with Crippen molar-refractivity contribution in [3.8, 4) is 5.75 Å². The molecule has 0 aromatic carbocycles. The number of ether oxygens (including phenoxy) is 2. The van der Waals surface area contributed by atoms with Gasteiger partial charge in [-0.25, -0.2) is 15.0 Å². The molecule has 10 heteroatoms. The van der Waals surface area contributed by atoms with Crippen LogP contribution in [-0.4, -0.2) is 40.7 Å². The van der Waals surface area contributed by atoms with Gasteiger partial charge >= 0.3 is 5.92 Å². The first-order chi connectivity index (χ1) is 14.6. The summed E-state index contributed by atoms with van der Waals surface area (Å²) in [5.74, 6) is -2.68. The lowest BCUT2D eigenvalue weighted by atomic mass is 10.0. The lowest BCUT2D eigenvalue weighted by Crippen LogP contribution is -2.15. The standard InChI is InChI=1S/C21H25F2N5O3/c1-12-6-18(28-19(25-12)20(3,22)23)27-15-7-17(26-13(2)29)24-9-16(15)31-10-14-8-21(14)4-5-30-11-21/h6-7,9,14H,4-5,8,10-11H2,1-3H3,(H2,24,25,26,27,28,29)/t14-,21+/m0/s1. The highest BCUT2D eigenvalue weighted by atomic mass is 19.3. The number of amides is 1.